The third kappa shape index (κ3) is 2.54. The van der Waals surface area contributed by atoms with Gasteiger partial charge in [0.15, 0.2) is 0 Å². The molecule has 1 heterocycles. The van der Waals surface area contributed by atoms with Gasteiger partial charge in [-0.2, -0.15) is 0 Å². The summed E-state index contributed by atoms with van der Waals surface area (Å²) in [6.45, 7) is 1.75. The van der Waals surface area contributed by atoms with Crippen LogP contribution in [0.5, 0.6) is 5.75 Å². The van der Waals surface area contributed by atoms with Crippen molar-refractivity contribution in [2.75, 3.05) is 0 Å². The quantitative estimate of drug-likeness (QED) is 0.490. The van der Waals surface area contributed by atoms with E-state index in [1.807, 2.05) is 0 Å². The molecule has 0 aliphatic heterocycles. The van der Waals surface area contributed by atoms with Crippen molar-refractivity contribution in [3.63, 3.8) is 0 Å². The van der Waals surface area contributed by atoms with E-state index < -0.39 is 0 Å². The highest BCUT2D eigenvalue weighted by molar-refractivity contribution is 5.83. The molecule has 12 heavy (non-hydrogen) atoms. The first-order valence-electron chi connectivity index (χ1n) is 3.57. The highest BCUT2D eigenvalue weighted by atomic mass is 16.5. The molecule has 0 spiro atoms. The summed E-state index contributed by atoms with van der Waals surface area (Å²) >= 11 is 0. The SMILES string of the molecule is C/C=C/C(=O)Oc1cccnc1. The smallest absolute Gasteiger partial charge is 0.335 e. The van der Waals surface area contributed by atoms with Gasteiger partial charge >= 0.3 is 5.97 Å². The summed E-state index contributed by atoms with van der Waals surface area (Å²) in [5, 5.41) is 0. The van der Waals surface area contributed by atoms with Crippen LogP contribution >= 0.6 is 0 Å². The van der Waals surface area contributed by atoms with Crippen LogP contribution in [0.1, 0.15) is 6.92 Å². The zero-order valence-corrected chi connectivity index (χ0v) is 6.73. The fourth-order valence-corrected chi connectivity index (χ4v) is 0.694. The molecule has 0 radical (unpaired) electrons. The van der Waals surface area contributed by atoms with E-state index in [4.69, 9.17) is 4.74 Å². The predicted molar refractivity (Wildman–Crippen MR) is 44.7 cm³/mol. The van der Waals surface area contributed by atoms with Crippen LogP contribution in [0.3, 0.4) is 0 Å². The lowest BCUT2D eigenvalue weighted by molar-refractivity contribution is -0.129. The number of carbonyl (C=O) groups excluding carboxylic acids is 1. The number of ether oxygens (including phenoxy) is 1. The monoisotopic (exact) mass is 163 g/mol. The highest BCUT2D eigenvalue weighted by Crippen LogP contribution is 2.05. The summed E-state index contributed by atoms with van der Waals surface area (Å²) in [7, 11) is 0. The van der Waals surface area contributed by atoms with Crippen molar-refractivity contribution in [2.24, 2.45) is 0 Å². The van der Waals surface area contributed by atoms with E-state index >= 15 is 0 Å². The molecule has 0 saturated carbocycles. The summed E-state index contributed by atoms with van der Waals surface area (Å²) in [6, 6.07) is 3.38. The second kappa shape index (κ2) is 4.28. The lowest BCUT2D eigenvalue weighted by atomic mass is 10.4. The molecule has 0 amide bonds. The number of aromatic nitrogens is 1. The van der Waals surface area contributed by atoms with E-state index in [9.17, 15) is 4.79 Å². The van der Waals surface area contributed by atoms with Crippen molar-refractivity contribution in [3.05, 3.63) is 36.7 Å². The molecule has 0 fully saturated rings. The number of carbonyl (C=O) groups is 1. The van der Waals surface area contributed by atoms with Crippen LogP contribution < -0.4 is 4.74 Å². The average molecular weight is 163 g/mol. The van der Waals surface area contributed by atoms with Crippen LogP contribution in [-0.4, -0.2) is 11.0 Å². The maximum absolute atomic E-state index is 10.9. The van der Waals surface area contributed by atoms with Gasteiger partial charge in [-0.1, -0.05) is 6.08 Å². The lowest BCUT2D eigenvalue weighted by Crippen LogP contribution is -2.03. The predicted octanol–water partition coefficient (Wildman–Crippen LogP) is 1.56. The van der Waals surface area contributed by atoms with Crippen LogP contribution in [0.2, 0.25) is 0 Å². The zero-order valence-electron chi connectivity index (χ0n) is 6.73. The van der Waals surface area contributed by atoms with Crippen LogP contribution in [0.15, 0.2) is 36.7 Å². The molecular weight excluding hydrogens is 154 g/mol. The molecule has 0 unspecified atom stereocenters. The number of esters is 1. The van der Waals surface area contributed by atoms with E-state index in [0.717, 1.165) is 0 Å². The number of hydrogen-bond donors (Lipinski definition) is 0. The van der Waals surface area contributed by atoms with Gasteiger partial charge in [0.05, 0.1) is 6.20 Å². The molecule has 1 aromatic rings. The van der Waals surface area contributed by atoms with E-state index in [1.54, 1.807) is 31.3 Å². The Morgan fingerprint density at radius 2 is 2.50 bits per heavy atom. The summed E-state index contributed by atoms with van der Waals surface area (Å²) < 4.78 is 4.87. The number of allylic oxidation sites excluding steroid dienone is 1. The van der Waals surface area contributed by atoms with Crippen LogP contribution in [0.25, 0.3) is 0 Å². The van der Waals surface area contributed by atoms with E-state index in [0.29, 0.717) is 5.75 Å². The van der Waals surface area contributed by atoms with Gasteiger partial charge in [-0.3, -0.25) is 4.98 Å². The van der Waals surface area contributed by atoms with Crippen molar-refractivity contribution >= 4 is 5.97 Å². The van der Waals surface area contributed by atoms with Crippen molar-refractivity contribution in [3.8, 4) is 5.75 Å². The van der Waals surface area contributed by atoms with Crippen LogP contribution in [0, 0.1) is 0 Å². The molecule has 3 nitrogen and oxygen atoms in total. The van der Waals surface area contributed by atoms with Crippen LogP contribution in [-0.2, 0) is 4.79 Å². The fraction of sp³-hybridized carbons (Fsp3) is 0.111. The Hall–Kier alpha value is -1.64. The second-order valence-electron chi connectivity index (χ2n) is 2.11. The molecule has 62 valence electrons. The number of rotatable bonds is 2. The van der Waals surface area contributed by atoms with Crippen molar-refractivity contribution in [2.45, 2.75) is 6.92 Å². The second-order valence-corrected chi connectivity index (χ2v) is 2.11. The van der Waals surface area contributed by atoms with Crippen molar-refractivity contribution < 1.29 is 9.53 Å². The minimum atomic E-state index is -0.384. The molecule has 0 atom stereocenters. The Labute approximate surface area is 70.7 Å². The third-order valence-corrected chi connectivity index (χ3v) is 1.16. The van der Waals surface area contributed by atoms with Gasteiger partial charge < -0.3 is 4.74 Å². The van der Waals surface area contributed by atoms with Gasteiger partial charge in [0.1, 0.15) is 5.75 Å². The average Bonchev–Trinajstić information content (AvgIpc) is 2.06. The Morgan fingerprint density at radius 3 is 3.08 bits per heavy atom. The van der Waals surface area contributed by atoms with Gasteiger partial charge in [-0.25, -0.2) is 4.79 Å². The molecule has 0 aromatic carbocycles. The number of hydrogen-bond acceptors (Lipinski definition) is 3. The van der Waals surface area contributed by atoms with Crippen molar-refractivity contribution in [1.82, 2.24) is 4.98 Å². The number of nitrogens with zero attached hydrogens (tertiary/aromatic N) is 1. The molecule has 0 aliphatic rings. The standard InChI is InChI=1S/C9H9NO2/c1-2-4-9(11)12-8-5-3-6-10-7-8/h2-7H,1H3/b4-2+. The minimum absolute atomic E-state index is 0.384. The lowest BCUT2D eigenvalue weighted by Gasteiger charge is -1.97. The Morgan fingerprint density at radius 1 is 1.67 bits per heavy atom. The van der Waals surface area contributed by atoms with E-state index in [2.05, 4.69) is 4.98 Å². The largest absolute Gasteiger partial charge is 0.422 e. The Kier molecular flexibility index (Phi) is 3.02. The number of pyridine rings is 1. The molecule has 1 rings (SSSR count). The Balaban J connectivity index is 2.59. The molecule has 1 aromatic heterocycles. The first-order valence-corrected chi connectivity index (χ1v) is 3.57. The highest BCUT2D eigenvalue weighted by Gasteiger charge is 1.97. The minimum Gasteiger partial charge on any atom is -0.422 e. The summed E-state index contributed by atoms with van der Waals surface area (Å²) in [5.41, 5.74) is 0. The zero-order chi connectivity index (χ0) is 8.81. The summed E-state index contributed by atoms with van der Waals surface area (Å²) in [6.07, 6.45) is 6.08. The van der Waals surface area contributed by atoms with E-state index in [1.165, 1.54) is 12.3 Å². The first kappa shape index (κ1) is 8.46. The molecule has 0 aliphatic carbocycles. The Bertz CT molecular complexity index is 280. The molecule has 0 saturated heterocycles. The maximum Gasteiger partial charge on any atom is 0.335 e. The topological polar surface area (TPSA) is 39.2 Å². The van der Waals surface area contributed by atoms with Crippen LogP contribution in [0.4, 0.5) is 0 Å². The molecular formula is C9H9NO2. The molecule has 0 bridgehead atoms. The summed E-state index contributed by atoms with van der Waals surface area (Å²) in [4.78, 5) is 14.7. The van der Waals surface area contributed by atoms with E-state index in [-0.39, 0.29) is 5.97 Å². The van der Waals surface area contributed by atoms with Gasteiger partial charge in [0, 0.05) is 12.3 Å². The first-order chi connectivity index (χ1) is 5.83. The maximum atomic E-state index is 10.9. The van der Waals surface area contributed by atoms with Gasteiger partial charge in [-0.05, 0) is 19.1 Å². The third-order valence-electron chi connectivity index (χ3n) is 1.16. The molecule has 3 heteroatoms. The summed E-state index contributed by atoms with van der Waals surface area (Å²) in [5.74, 6) is 0.0751. The van der Waals surface area contributed by atoms with Gasteiger partial charge in [-0.15, -0.1) is 0 Å². The normalized spacial score (nSPS) is 10.1. The van der Waals surface area contributed by atoms with Crippen molar-refractivity contribution in [1.29, 1.82) is 0 Å². The fourth-order valence-electron chi connectivity index (χ4n) is 0.694. The van der Waals surface area contributed by atoms with Gasteiger partial charge in [0.2, 0.25) is 0 Å². The molecule has 0 N–H and O–H groups in total. The van der Waals surface area contributed by atoms with Gasteiger partial charge in [0.25, 0.3) is 0 Å².